The largest absolute Gasteiger partial charge is 0.478 e. The van der Waals surface area contributed by atoms with Crippen LogP contribution in [0, 0.1) is 0 Å². The number of carboxylic acids is 1. The minimum absolute atomic E-state index is 0.284. The van der Waals surface area contributed by atoms with Crippen LogP contribution in [-0.2, 0) is 9.59 Å². The molecular weight excluding hydrogens is 218 g/mol. The molecule has 0 heterocycles. The molecule has 0 aliphatic rings. The molecule has 17 heavy (non-hydrogen) atoms. The van der Waals surface area contributed by atoms with Gasteiger partial charge in [-0.3, -0.25) is 4.79 Å². The number of hydrogen-bond acceptors (Lipinski definition) is 3. The Bertz CT molecular complexity index is 461. The molecule has 1 aromatic carbocycles. The smallest absolute Gasteiger partial charge is 0.339 e. The van der Waals surface area contributed by atoms with Crippen LogP contribution in [0.2, 0.25) is 0 Å². The van der Waals surface area contributed by atoms with Crippen LogP contribution in [0.5, 0.6) is 0 Å². The van der Waals surface area contributed by atoms with Crippen LogP contribution in [0.1, 0.15) is 5.56 Å². The molecule has 0 unspecified atom stereocenters. The molecule has 0 aromatic heterocycles. The minimum Gasteiger partial charge on any atom is -0.478 e. The molecule has 0 aliphatic heterocycles. The van der Waals surface area contributed by atoms with Crippen LogP contribution < -0.4 is 5.32 Å². The van der Waals surface area contributed by atoms with Gasteiger partial charge in [0.25, 0.3) is 0 Å². The average Bonchev–Trinajstić information content (AvgIpc) is 2.35. The summed E-state index contributed by atoms with van der Waals surface area (Å²) in [5.74, 6) is -1.24. The molecule has 0 saturated carbocycles. The molecule has 0 spiro atoms. The first kappa shape index (κ1) is 12.7. The molecule has 88 valence electrons. The molecule has 0 atom stereocenters. The zero-order chi connectivity index (χ0) is 12.7. The van der Waals surface area contributed by atoms with Crippen molar-refractivity contribution in [3.8, 4) is 0 Å². The van der Waals surface area contributed by atoms with Gasteiger partial charge in [0.15, 0.2) is 6.29 Å². The van der Waals surface area contributed by atoms with Crippen molar-refractivity contribution < 1.29 is 14.7 Å². The van der Waals surface area contributed by atoms with Crippen molar-refractivity contribution in [3.05, 3.63) is 53.6 Å². The SMILES string of the molecule is CN/C(=C\C=C(/C=O)C(=O)O)c1ccccc1. The zero-order valence-electron chi connectivity index (χ0n) is 9.38. The third kappa shape index (κ3) is 3.61. The van der Waals surface area contributed by atoms with Crippen LogP contribution in [0.4, 0.5) is 0 Å². The topological polar surface area (TPSA) is 66.4 Å². The molecule has 0 amide bonds. The molecule has 0 radical (unpaired) electrons. The lowest BCUT2D eigenvalue weighted by atomic mass is 10.1. The van der Waals surface area contributed by atoms with Crippen LogP contribution in [0.15, 0.2) is 48.1 Å². The van der Waals surface area contributed by atoms with Gasteiger partial charge in [-0.15, -0.1) is 0 Å². The van der Waals surface area contributed by atoms with Gasteiger partial charge in [0, 0.05) is 12.7 Å². The molecule has 4 nitrogen and oxygen atoms in total. The van der Waals surface area contributed by atoms with Crippen LogP contribution in [0.3, 0.4) is 0 Å². The van der Waals surface area contributed by atoms with Gasteiger partial charge in [-0.25, -0.2) is 4.79 Å². The highest BCUT2D eigenvalue weighted by Crippen LogP contribution is 2.10. The summed E-state index contributed by atoms with van der Waals surface area (Å²) >= 11 is 0. The standard InChI is InChI=1S/C13H13NO3/c1-14-12(10-5-3-2-4-6-10)8-7-11(9-15)13(16)17/h2-9,14H,1H3,(H,16,17)/b11-7+,12-8-. The minimum atomic E-state index is -1.24. The van der Waals surface area contributed by atoms with Crippen molar-refractivity contribution in [2.75, 3.05) is 7.05 Å². The van der Waals surface area contributed by atoms with Crippen molar-refractivity contribution >= 4 is 18.0 Å². The molecule has 1 aromatic rings. The second-order valence-corrected chi connectivity index (χ2v) is 3.24. The van der Waals surface area contributed by atoms with Gasteiger partial charge in [-0.2, -0.15) is 0 Å². The van der Waals surface area contributed by atoms with Crippen molar-refractivity contribution in [1.82, 2.24) is 5.32 Å². The molecule has 0 bridgehead atoms. The summed E-state index contributed by atoms with van der Waals surface area (Å²) in [6, 6.07) is 9.42. The molecule has 2 N–H and O–H groups in total. The number of nitrogens with one attached hydrogen (secondary N) is 1. The van der Waals surface area contributed by atoms with E-state index in [1.165, 1.54) is 6.08 Å². The van der Waals surface area contributed by atoms with E-state index < -0.39 is 5.97 Å². The van der Waals surface area contributed by atoms with Crippen molar-refractivity contribution in [3.63, 3.8) is 0 Å². The van der Waals surface area contributed by atoms with E-state index >= 15 is 0 Å². The number of aldehydes is 1. The van der Waals surface area contributed by atoms with E-state index in [0.29, 0.717) is 6.29 Å². The van der Waals surface area contributed by atoms with Crippen LogP contribution >= 0.6 is 0 Å². The first-order chi connectivity index (χ1) is 8.19. The number of benzene rings is 1. The zero-order valence-corrected chi connectivity index (χ0v) is 9.38. The van der Waals surface area contributed by atoms with E-state index in [1.807, 2.05) is 30.3 Å². The summed E-state index contributed by atoms with van der Waals surface area (Å²) in [6.45, 7) is 0. The maximum Gasteiger partial charge on any atom is 0.339 e. The first-order valence-corrected chi connectivity index (χ1v) is 5.02. The second-order valence-electron chi connectivity index (χ2n) is 3.24. The van der Waals surface area contributed by atoms with E-state index in [-0.39, 0.29) is 5.57 Å². The molecule has 0 fully saturated rings. The first-order valence-electron chi connectivity index (χ1n) is 5.02. The van der Waals surface area contributed by atoms with Gasteiger partial charge >= 0.3 is 5.97 Å². The average molecular weight is 231 g/mol. The molecule has 1 rings (SSSR count). The summed E-state index contributed by atoms with van der Waals surface area (Å²) in [7, 11) is 1.73. The number of carbonyl (C=O) groups excluding carboxylic acids is 1. The number of rotatable bonds is 5. The van der Waals surface area contributed by atoms with Crippen molar-refractivity contribution in [2.45, 2.75) is 0 Å². The summed E-state index contributed by atoms with van der Waals surface area (Å²) in [5, 5.41) is 11.6. The fraction of sp³-hybridized carbons (Fsp3) is 0.0769. The Morgan fingerprint density at radius 3 is 2.35 bits per heavy atom. The van der Waals surface area contributed by atoms with E-state index in [4.69, 9.17) is 5.11 Å². The van der Waals surface area contributed by atoms with Gasteiger partial charge in [0.2, 0.25) is 0 Å². The van der Waals surface area contributed by atoms with E-state index in [9.17, 15) is 9.59 Å². The Hall–Kier alpha value is -2.36. The molecular formula is C13H13NO3. The van der Waals surface area contributed by atoms with Crippen LogP contribution in [-0.4, -0.2) is 24.4 Å². The second kappa shape index (κ2) is 6.27. The fourth-order valence-corrected chi connectivity index (χ4v) is 1.28. The van der Waals surface area contributed by atoms with E-state index in [2.05, 4.69) is 5.32 Å². The molecule has 4 heteroatoms. The third-order valence-electron chi connectivity index (χ3n) is 2.16. The van der Waals surface area contributed by atoms with Gasteiger partial charge in [0.1, 0.15) is 0 Å². The lowest BCUT2D eigenvalue weighted by molar-refractivity contribution is -0.133. The molecule has 0 saturated heterocycles. The Morgan fingerprint density at radius 1 is 1.24 bits per heavy atom. The molecule has 0 aliphatic carbocycles. The van der Waals surface area contributed by atoms with E-state index in [1.54, 1.807) is 13.1 Å². The Labute approximate surface area is 99.3 Å². The lowest BCUT2D eigenvalue weighted by Crippen LogP contribution is -2.05. The fourth-order valence-electron chi connectivity index (χ4n) is 1.28. The monoisotopic (exact) mass is 231 g/mol. The number of hydrogen-bond donors (Lipinski definition) is 2. The van der Waals surface area contributed by atoms with Crippen LogP contribution in [0.25, 0.3) is 5.70 Å². The highest BCUT2D eigenvalue weighted by molar-refractivity contribution is 6.07. The normalized spacial score (nSPS) is 12.1. The Morgan fingerprint density at radius 2 is 1.88 bits per heavy atom. The number of aliphatic carboxylic acids is 1. The number of carboxylic acid groups (broad SMARTS) is 1. The number of allylic oxidation sites excluding steroid dienone is 2. The van der Waals surface area contributed by atoms with Gasteiger partial charge in [0.05, 0.1) is 5.57 Å². The quantitative estimate of drug-likeness (QED) is 0.265. The maximum absolute atomic E-state index is 10.6. The van der Waals surface area contributed by atoms with Crippen molar-refractivity contribution in [2.24, 2.45) is 0 Å². The highest BCUT2D eigenvalue weighted by Gasteiger charge is 2.04. The van der Waals surface area contributed by atoms with E-state index in [0.717, 1.165) is 11.3 Å². The van der Waals surface area contributed by atoms with Gasteiger partial charge in [-0.05, 0) is 17.7 Å². The summed E-state index contributed by atoms with van der Waals surface area (Å²) in [6.07, 6.45) is 3.15. The Balaban J connectivity index is 3.03. The summed E-state index contributed by atoms with van der Waals surface area (Å²) in [5.41, 5.74) is 1.38. The highest BCUT2D eigenvalue weighted by atomic mass is 16.4. The third-order valence-corrected chi connectivity index (χ3v) is 2.16. The number of carbonyl (C=O) groups is 2. The van der Waals surface area contributed by atoms with Gasteiger partial charge < -0.3 is 10.4 Å². The van der Waals surface area contributed by atoms with Crippen molar-refractivity contribution in [1.29, 1.82) is 0 Å². The lowest BCUT2D eigenvalue weighted by Gasteiger charge is -2.05. The van der Waals surface area contributed by atoms with Gasteiger partial charge in [-0.1, -0.05) is 30.3 Å². The summed E-state index contributed by atoms with van der Waals surface area (Å²) < 4.78 is 0. The predicted molar refractivity (Wildman–Crippen MR) is 65.3 cm³/mol. The maximum atomic E-state index is 10.6. The Kier molecular flexibility index (Phi) is 4.69. The summed E-state index contributed by atoms with van der Waals surface area (Å²) in [4.78, 5) is 21.1. The predicted octanol–water partition coefficient (Wildman–Crippen LogP) is 1.46.